The average Bonchev–Trinajstić information content (AvgIpc) is 2.50. The summed E-state index contributed by atoms with van der Waals surface area (Å²) in [7, 11) is 0. The van der Waals surface area contributed by atoms with Crippen molar-refractivity contribution >= 4 is 15.9 Å². The number of aryl methyl sites for hydroxylation is 2. The molecule has 0 aliphatic rings. The lowest BCUT2D eigenvalue weighted by Gasteiger charge is -1.99. The number of hydrogen-bond acceptors (Lipinski definition) is 1. The summed E-state index contributed by atoms with van der Waals surface area (Å²) in [5.41, 5.74) is 1.35. The molecule has 0 saturated heterocycles. The highest BCUT2D eigenvalue weighted by molar-refractivity contribution is 9.09. The van der Waals surface area contributed by atoms with Gasteiger partial charge in [0.1, 0.15) is 0 Å². The average molecular weight is 245 g/mol. The molecule has 0 aromatic carbocycles. The standard InChI is InChI=1S/C10H17BrN2/c1-3-6-13-8-10(7-12-13)5-4-9(2)11/h7-9H,3-6H2,1-2H3. The van der Waals surface area contributed by atoms with E-state index in [1.807, 2.05) is 10.9 Å². The van der Waals surface area contributed by atoms with E-state index >= 15 is 0 Å². The van der Waals surface area contributed by atoms with E-state index in [1.54, 1.807) is 0 Å². The van der Waals surface area contributed by atoms with Crippen LogP contribution in [0.2, 0.25) is 0 Å². The van der Waals surface area contributed by atoms with Gasteiger partial charge in [0.2, 0.25) is 0 Å². The lowest BCUT2D eigenvalue weighted by molar-refractivity contribution is 0.602. The zero-order valence-electron chi connectivity index (χ0n) is 8.33. The molecule has 0 aliphatic carbocycles. The van der Waals surface area contributed by atoms with Crippen LogP contribution in [0.5, 0.6) is 0 Å². The van der Waals surface area contributed by atoms with Gasteiger partial charge in [0.15, 0.2) is 0 Å². The highest BCUT2D eigenvalue weighted by Gasteiger charge is 2.00. The summed E-state index contributed by atoms with van der Waals surface area (Å²) in [5, 5.41) is 4.29. The topological polar surface area (TPSA) is 17.8 Å². The summed E-state index contributed by atoms with van der Waals surface area (Å²) in [6, 6.07) is 0. The Labute approximate surface area is 88.5 Å². The van der Waals surface area contributed by atoms with Crippen LogP contribution >= 0.6 is 15.9 Å². The highest BCUT2D eigenvalue weighted by atomic mass is 79.9. The Morgan fingerprint density at radius 3 is 3.00 bits per heavy atom. The van der Waals surface area contributed by atoms with Crippen molar-refractivity contribution in [3.8, 4) is 0 Å². The fourth-order valence-corrected chi connectivity index (χ4v) is 1.48. The molecule has 1 aromatic heterocycles. The van der Waals surface area contributed by atoms with Crippen molar-refractivity contribution in [3.05, 3.63) is 18.0 Å². The lowest BCUT2D eigenvalue weighted by Crippen LogP contribution is -1.96. The molecule has 0 radical (unpaired) electrons. The molecule has 1 rings (SSSR count). The quantitative estimate of drug-likeness (QED) is 0.729. The van der Waals surface area contributed by atoms with Crippen molar-refractivity contribution in [2.24, 2.45) is 0 Å². The molecule has 13 heavy (non-hydrogen) atoms. The van der Waals surface area contributed by atoms with Crippen LogP contribution in [0.1, 0.15) is 32.3 Å². The molecule has 1 aromatic rings. The lowest BCUT2D eigenvalue weighted by atomic mass is 10.2. The van der Waals surface area contributed by atoms with Crippen molar-refractivity contribution in [3.63, 3.8) is 0 Å². The monoisotopic (exact) mass is 244 g/mol. The Bertz CT molecular complexity index is 243. The van der Waals surface area contributed by atoms with Gasteiger partial charge in [0.25, 0.3) is 0 Å². The van der Waals surface area contributed by atoms with Crippen molar-refractivity contribution in [1.82, 2.24) is 9.78 Å². The summed E-state index contributed by atoms with van der Waals surface area (Å²) in [5.74, 6) is 0. The molecule has 0 spiro atoms. The van der Waals surface area contributed by atoms with Gasteiger partial charge in [0, 0.05) is 17.6 Å². The number of rotatable bonds is 5. The Morgan fingerprint density at radius 1 is 1.62 bits per heavy atom. The fourth-order valence-electron chi connectivity index (χ4n) is 1.25. The van der Waals surface area contributed by atoms with Crippen LogP contribution < -0.4 is 0 Å². The van der Waals surface area contributed by atoms with Crippen LogP contribution in [-0.4, -0.2) is 14.6 Å². The number of halogens is 1. The first kappa shape index (κ1) is 10.8. The molecular weight excluding hydrogens is 228 g/mol. The van der Waals surface area contributed by atoms with Gasteiger partial charge >= 0.3 is 0 Å². The summed E-state index contributed by atoms with van der Waals surface area (Å²) < 4.78 is 2.02. The van der Waals surface area contributed by atoms with Crippen LogP contribution in [0.15, 0.2) is 12.4 Å². The molecule has 1 atom stereocenters. The van der Waals surface area contributed by atoms with E-state index in [0.717, 1.165) is 19.4 Å². The Hall–Kier alpha value is -0.310. The number of hydrogen-bond donors (Lipinski definition) is 0. The molecule has 0 amide bonds. The second kappa shape index (κ2) is 5.43. The molecule has 1 unspecified atom stereocenters. The minimum Gasteiger partial charge on any atom is -0.272 e. The van der Waals surface area contributed by atoms with Gasteiger partial charge in [-0.05, 0) is 24.8 Å². The molecule has 0 fully saturated rings. The molecule has 74 valence electrons. The normalized spacial score (nSPS) is 13.2. The van der Waals surface area contributed by atoms with E-state index in [0.29, 0.717) is 4.83 Å². The van der Waals surface area contributed by atoms with E-state index in [2.05, 4.69) is 41.1 Å². The van der Waals surface area contributed by atoms with E-state index in [9.17, 15) is 0 Å². The second-order valence-corrected chi connectivity index (χ2v) is 4.99. The SMILES string of the molecule is CCCn1cc(CCC(C)Br)cn1. The zero-order valence-corrected chi connectivity index (χ0v) is 9.92. The second-order valence-electron chi connectivity index (χ2n) is 3.43. The van der Waals surface area contributed by atoms with E-state index in [1.165, 1.54) is 12.0 Å². The Balaban J connectivity index is 2.39. The Kier molecular flexibility index (Phi) is 4.50. The predicted octanol–water partition coefficient (Wildman–Crippen LogP) is 3.01. The predicted molar refractivity (Wildman–Crippen MR) is 59.2 cm³/mol. The number of aromatic nitrogens is 2. The summed E-state index contributed by atoms with van der Waals surface area (Å²) in [4.78, 5) is 0.599. The molecule has 0 aliphatic heterocycles. The van der Waals surface area contributed by atoms with Gasteiger partial charge in [-0.15, -0.1) is 0 Å². The molecule has 0 bridgehead atoms. The minimum absolute atomic E-state index is 0.599. The van der Waals surface area contributed by atoms with Crippen molar-refractivity contribution < 1.29 is 0 Å². The molecule has 3 heteroatoms. The van der Waals surface area contributed by atoms with E-state index in [-0.39, 0.29) is 0 Å². The van der Waals surface area contributed by atoms with Gasteiger partial charge < -0.3 is 0 Å². The first-order valence-electron chi connectivity index (χ1n) is 4.87. The van der Waals surface area contributed by atoms with Crippen LogP contribution in [0.25, 0.3) is 0 Å². The zero-order chi connectivity index (χ0) is 9.68. The van der Waals surface area contributed by atoms with Crippen LogP contribution in [-0.2, 0) is 13.0 Å². The smallest absolute Gasteiger partial charge is 0.0521 e. The van der Waals surface area contributed by atoms with Crippen LogP contribution in [0.4, 0.5) is 0 Å². The van der Waals surface area contributed by atoms with Gasteiger partial charge in [-0.25, -0.2) is 0 Å². The third-order valence-corrected chi connectivity index (χ3v) is 2.43. The summed E-state index contributed by atoms with van der Waals surface area (Å²) in [6.07, 6.45) is 7.58. The first-order valence-corrected chi connectivity index (χ1v) is 5.79. The maximum absolute atomic E-state index is 4.29. The molecule has 0 N–H and O–H groups in total. The fraction of sp³-hybridized carbons (Fsp3) is 0.700. The van der Waals surface area contributed by atoms with E-state index < -0.39 is 0 Å². The Morgan fingerprint density at radius 2 is 2.38 bits per heavy atom. The van der Waals surface area contributed by atoms with E-state index in [4.69, 9.17) is 0 Å². The molecule has 0 saturated carbocycles. The van der Waals surface area contributed by atoms with Crippen molar-refractivity contribution in [1.29, 1.82) is 0 Å². The summed E-state index contributed by atoms with van der Waals surface area (Å²) in [6.45, 7) is 5.38. The van der Waals surface area contributed by atoms with Crippen LogP contribution in [0.3, 0.4) is 0 Å². The number of alkyl halides is 1. The van der Waals surface area contributed by atoms with Gasteiger partial charge in [-0.1, -0.05) is 29.8 Å². The van der Waals surface area contributed by atoms with Gasteiger partial charge in [0.05, 0.1) is 6.20 Å². The minimum atomic E-state index is 0.599. The third kappa shape index (κ3) is 3.94. The van der Waals surface area contributed by atoms with Gasteiger partial charge in [-0.2, -0.15) is 5.10 Å². The third-order valence-electron chi connectivity index (χ3n) is 1.97. The van der Waals surface area contributed by atoms with Gasteiger partial charge in [-0.3, -0.25) is 4.68 Å². The molecule has 1 heterocycles. The van der Waals surface area contributed by atoms with Crippen molar-refractivity contribution in [2.45, 2.75) is 44.5 Å². The largest absolute Gasteiger partial charge is 0.272 e. The maximum atomic E-state index is 4.29. The van der Waals surface area contributed by atoms with Crippen LogP contribution in [0, 0.1) is 0 Å². The first-order chi connectivity index (χ1) is 6.22. The van der Waals surface area contributed by atoms with Crippen molar-refractivity contribution in [2.75, 3.05) is 0 Å². The number of nitrogens with zero attached hydrogens (tertiary/aromatic N) is 2. The highest BCUT2D eigenvalue weighted by Crippen LogP contribution is 2.09. The summed E-state index contributed by atoms with van der Waals surface area (Å²) >= 11 is 3.54. The molecule has 2 nitrogen and oxygen atoms in total. The maximum Gasteiger partial charge on any atom is 0.0521 e. The molecular formula is C10H17BrN2.